The molecule has 2 aliphatic carbocycles. The van der Waals surface area contributed by atoms with Crippen LogP contribution in [0.3, 0.4) is 0 Å². The molecule has 604 valence electrons. The Morgan fingerprint density at radius 2 is 1.15 bits per heavy atom. The van der Waals surface area contributed by atoms with Crippen molar-refractivity contribution in [2.24, 2.45) is 27.7 Å². The Labute approximate surface area is 669 Å². The van der Waals surface area contributed by atoms with Gasteiger partial charge in [-0.15, -0.1) is 42.9 Å². The predicted octanol–water partition coefficient (Wildman–Crippen LogP) is 9.98. The maximum atomic E-state index is 14.2. The van der Waals surface area contributed by atoms with Crippen LogP contribution in [-0.2, 0) is 91.1 Å². The van der Waals surface area contributed by atoms with Crippen molar-refractivity contribution in [1.29, 1.82) is 0 Å². The third-order valence-corrected chi connectivity index (χ3v) is 24.2. The number of amides is 2. The molecule has 5 aromatic carbocycles. The highest BCUT2D eigenvalue weighted by molar-refractivity contribution is 7.82. The van der Waals surface area contributed by atoms with Crippen LogP contribution in [0.25, 0.3) is 0 Å². The summed E-state index contributed by atoms with van der Waals surface area (Å²) in [7, 11) is 2.10. The molecular weight excluding hydrogens is 1530 g/mol. The molecular formula is C84H94N5O22S3+. The number of methoxy groups -OCH3 is 2. The molecule has 7 heterocycles. The van der Waals surface area contributed by atoms with Crippen LogP contribution in [0.15, 0.2) is 118 Å². The lowest BCUT2D eigenvalue weighted by atomic mass is 9.99. The van der Waals surface area contributed by atoms with E-state index < -0.39 is 59.2 Å². The number of thiophene rings is 2. The molecule has 5 aliphatic heterocycles. The summed E-state index contributed by atoms with van der Waals surface area (Å²) < 4.78 is 98.2. The summed E-state index contributed by atoms with van der Waals surface area (Å²) in [5.41, 5.74) is 7.29. The first-order valence-electron chi connectivity index (χ1n) is 38.3. The molecule has 2 aromatic heterocycles. The number of rotatable bonds is 36. The highest BCUT2D eigenvalue weighted by Crippen LogP contribution is 2.53. The summed E-state index contributed by atoms with van der Waals surface area (Å²) in [5, 5.41) is 45.9. The number of Topliss-reactive ketones (excluding diaryl/α,β-unsaturated/α-hetero) is 1. The molecule has 27 nitrogen and oxygen atoms in total. The summed E-state index contributed by atoms with van der Waals surface area (Å²) in [4.78, 5) is 70.3. The van der Waals surface area contributed by atoms with Crippen LogP contribution in [-0.4, -0.2) is 203 Å². The van der Waals surface area contributed by atoms with Crippen LogP contribution >= 0.6 is 22.7 Å². The van der Waals surface area contributed by atoms with Crippen LogP contribution in [0.1, 0.15) is 126 Å². The second-order valence-corrected chi connectivity index (χ2v) is 33.2. The Morgan fingerprint density at radius 3 is 1.71 bits per heavy atom. The van der Waals surface area contributed by atoms with E-state index in [2.05, 4.69) is 24.0 Å². The highest BCUT2D eigenvalue weighted by Gasteiger charge is 2.50. The van der Waals surface area contributed by atoms with E-state index in [-0.39, 0.29) is 99.2 Å². The summed E-state index contributed by atoms with van der Waals surface area (Å²) in [5.74, 6) is 7.62. The Morgan fingerprint density at radius 1 is 0.605 bits per heavy atom. The fourth-order valence-electron chi connectivity index (χ4n) is 15.5. The number of carbonyl (C=O) groups is 4. The molecule has 0 spiro atoms. The molecule has 7 aromatic rings. The van der Waals surface area contributed by atoms with E-state index in [1.165, 1.54) is 48.2 Å². The van der Waals surface area contributed by atoms with Gasteiger partial charge in [0.2, 0.25) is 6.29 Å². The van der Waals surface area contributed by atoms with Crippen molar-refractivity contribution in [2.75, 3.05) is 81.2 Å². The Bertz CT molecular complexity index is 4700. The zero-order valence-corrected chi connectivity index (χ0v) is 66.3. The number of benzene rings is 5. The van der Waals surface area contributed by atoms with Crippen molar-refractivity contribution in [1.82, 2.24) is 9.80 Å². The summed E-state index contributed by atoms with van der Waals surface area (Å²) in [6, 6.07) is 26.7. The molecule has 14 rings (SSSR count). The number of aliphatic imine (C=N–C) groups is 2. The number of hydrogen-bond donors (Lipinski definition) is 4. The standard InChI is InChI=1S/C84H94N5O22S3/c1-89(2,46-52-31-53(48-105-72-39-66-63(37-70(72)100-3)82(96)87-43-56-21-29-112-76(56)35-58(87)41-85-66)33-54(32-52)49-106-73-40-67-64(38-71(73)101-4)83(97)88-44-57-22-30-113-77(57)36-59(88)42-86-67)45-51-15-18-60(19-16-51)110-114(98,99)111-74-34-55(17-20-69(74)108-84-81(95)80(94)79(93)75(47-90)109-84)68(91)13-9-23-102-25-27-104-28-26-103-24-10-14-78(92)107-50-65-61-11-7-5-6-8-12-62(61)65/h15-22,29-34,37-42,58-59,61-62,65,75,79-81,84,90,93-95H,7-14,23-28,35-36,43-50H2,1-4H3/q+1/t58-,59-,61-,62+,65?,75+,79-,80-,81+,84?/m0/s1. The molecule has 10 atom stereocenters. The normalized spacial score (nSPS) is 21.9. The number of esters is 1. The van der Waals surface area contributed by atoms with Crippen LogP contribution in [0.4, 0.5) is 11.4 Å². The first kappa shape index (κ1) is 81.2. The lowest BCUT2D eigenvalue weighted by Crippen LogP contribution is -2.60. The SMILES string of the molecule is COc1cc2c(cc1OCc1cc(COc3cc4c(cc3OC)C(=O)N3Cc5ccsc5C[C@H]3C=N4)cc(C[N+](C)(C)Cc3ccc(OS(=O)(=O)Oc4cc(C(=O)CCCOCCOCCOCCCC(=O)OCC5[C@H]6CCC#CCC[C@@H]56)ccc4OC4O[C@H](CO)[C@H](O)[C@H](O)[C@H]4O)cc3)c1)N=C[C@@H]1Cc3sccc3CN1C2=O. The minimum Gasteiger partial charge on any atom is -0.493 e. The van der Waals surface area contributed by atoms with Crippen molar-refractivity contribution < 1.29 is 108 Å². The van der Waals surface area contributed by atoms with Crippen LogP contribution in [0.5, 0.6) is 40.2 Å². The summed E-state index contributed by atoms with van der Waals surface area (Å²) in [6.45, 7) is 3.46. The molecule has 114 heavy (non-hydrogen) atoms. The van der Waals surface area contributed by atoms with Gasteiger partial charge in [-0.3, -0.25) is 29.2 Å². The molecule has 4 N–H and O–H groups in total. The summed E-state index contributed by atoms with van der Waals surface area (Å²) in [6.07, 6.45) is 1.55. The molecule has 7 aliphatic rings. The van der Waals surface area contributed by atoms with Crippen LogP contribution < -0.4 is 32.1 Å². The Hall–Kier alpha value is -9.33. The number of aliphatic hydroxyl groups is 4. The topological polar surface area (TPSA) is 325 Å². The monoisotopic (exact) mass is 1620 g/mol. The molecule has 0 radical (unpaired) electrons. The van der Waals surface area contributed by atoms with Crippen LogP contribution in [0, 0.1) is 29.6 Å². The number of fused-ring (bicyclic) bond motifs is 7. The van der Waals surface area contributed by atoms with E-state index in [0.717, 1.165) is 65.1 Å². The van der Waals surface area contributed by atoms with Gasteiger partial charge in [-0.1, -0.05) is 0 Å². The fourth-order valence-corrected chi connectivity index (χ4v) is 18.1. The van der Waals surface area contributed by atoms with Crippen molar-refractivity contribution in [3.63, 3.8) is 0 Å². The lowest BCUT2D eigenvalue weighted by Gasteiger charge is -2.39. The van der Waals surface area contributed by atoms with Crippen molar-refractivity contribution in [3.8, 4) is 52.1 Å². The average Bonchev–Trinajstić information content (AvgIpc) is 1.61. The Balaban J connectivity index is 0.607. The molecule has 2 unspecified atom stereocenters. The van der Waals surface area contributed by atoms with Gasteiger partial charge in [0, 0.05) is 116 Å². The third-order valence-electron chi connectivity index (χ3n) is 21.4. The zero-order valence-electron chi connectivity index (χ0n) is 63.9. The van der Waals surface area contributed by atoms with E-state index in [1.807, 2.05) is 65.3 Å². The van der Waals surface area contributed by atoms with Crippen molar-refractivity contribution in [3.05, 3.63) is 168 Å². The first-order valence-corrected chi connectivity index (χ1v) is 41.4. The van der Waals surface area contributed by atoms with Gasteiger partial charge in [-0.2, -0.15) is 0 Å². The van der Waals surface area contributed by atoms with Gasteiger partial charge in [-0.25, -0.2) is 0 Å². The number of ether oxygens (including phenoxy) is 10. The maximum Gasteiger partial charge on any atom is 0.501 e. The first-order chi connectivity index (χ1) is 55.2. The number of aliphatic hydroxyl groups excluding tert-OH is 4. The number of carbonyl (C=O) groups excluding carboxylic acids is 4. The fraction of sp³-hybridized carbons (Fsp3) is 0.452. The minimum atomic E-state index is -5.04. The maximum absolute atomic E-state index is 14.2. The third kappa shape index (κ3) is 19.8. The molecule has 30 heteroatoms. The van der Waals surface area contributed by atoms with E-state index >= 15 is 0 Å². The van der Waals surface area contributed by atoms with Gasteiger partial charge in [0.15, 0.2) is 40.3 Å². The van der Waals surface area contributed by atoms with Crippen LogP contribution in [0.2, 0.25) is 0 Å². The number of quaternary nitrogens is 1. The second kappa shape index (κ2) is 36.7. The van der Waals surface area contributed by atoms with Gasteiger partial charge < -0.3 is 90.4 Å². The van der Waals surface area contributed by atoms with Gasteiger partial charge in [0.25, 0.3) is 11.8 Å². The van der Waals surface area contributed by atoms with E-state index in [4.69, 9.17) is 65.7 Å². The quantitative estimate of drug-likeness (QED) is 0.00932. The zero-order chi connectivity index (χ0) is 79.6. The lowest BCUT2D eigenvalue weighted by molar-refractivity contribution is -0.916. The molecule has 1 saturated heterocycles. The molecule has 2 amide bonds. The van der Waals surface area contributed by atoms with Gasteiger partial charge in [0.1, 0.15) is 56.5 Å². The molecule has 0 bridgehead atoms. The van der Waals surface area contributed by atoms with E-state index in [9.17, 15) is 48.0 Å². The van der Waals surface area contributed by atoms with E-state index in [0.29, 0.717) is 140 Å². The second-order valence-electron chi connectivity index (χ2n) is 30.0. The average molecular weight is 1620 g/mol. The minimum absolute atomic E-state index is 0.0175. The predicted molar refractivity (Wildman–Crippen MR) is 421 cm³/mol. The van der Waals surface area contributed by atoms with Gasteiger partial charge in [-0.05, 0) is 161 Å². The van der Waals surface area contributed by atoms with Crippen molar-refractivity contribution in [2.45, 2.75) is 146 Å². The largest absolute Gasteiger partial charge is 0.501 e. The summed E-state index contributed by atoms with van der Waals surface area (Å²) >= 11 is 3.36. The highest BCUT2D eigenvalue weighted by atomic mass is 32.3. The number of ketones is 1. The number of hydrogen-bond acceptors (Lipinski definition) is 26. The van der Waals surface area contributed by atoms with Gasteiger partial charge >= 0.3 is 16.4 Å². The smallest absolute Gasteiger partial charge is 0.493 e. The Kier molecular flexibility index (Phi) is 26.1. The number of nitrogens with zero attached hydrogens (tertiary/aromatic N) is 5. The van der Waals surface area contributed by atoms with Crippen molar-refractivity contribution >= 4 is 80.4 Å². The van der Waals surface area contributed by atoms with E-state index in [1.54, 1.807) is 59.1 Å². The van der Waals surface area contributed by atoms with Gasteiger partial charge in [0.05, 0.1) is 103 Å². The molecule has 2 fully saturated rings. The molecule has 1 saturated carbocycles.